The number of thiocarbonyl (C=S) groups is 1. The number of rotatable bonds is 6. The van der Waals surface area contributed by atoms with Crippen LogP contribution in [0.4, 0.5) is 5.82 Å². The van der Waals surface area contributed by atoms with Gasteiger partial charge in [-0.3, -0.25) is 0 Å². The highest BCUT2D eigenvalue weighted by Gasteiger charge is 2.13. The Morgan fingerprint density at radius 3 is 3.00 bits per heavy atom. The summed E-state index contributed by atoms with van der Waals surface area (Å²) < 4.78 is 5.23. The lowest BCUT2D eigenvalue weighted by atomic mass is 10.0. The third kappa shape index (κ3) is 5.71. The molecule has 4 nitrogen and oxygen atoms in total. The van der Waals surface area contributed by atoms with E-state index in [1.54, 1.807) is 13.3 Å². The molecule has 0 amide bonds. The summed E-state index contributed by atoms with van der Waals surface area (Å²) in [7, 11) is 1.62. The van der Waals surface area contributed by atoms with Gasteiger partial charge in [0.2, 0.25) is 0 Å². The minimum Gasteiger partial charge on any atom is -0.493 e. The summed E-state index contributed by atoms with van der Waals surface area (Å²) in [5.74, 6) is 2.43. The zero-order valence-corrected chi connectivity index (χ0v) is 14.1. The molecule has 6 heteroatoms. The van der Waals surface area contributed by atoms with Gasteiger partial charge in [0, 0.05) is 23.7 Å². The molecule has 0 saturated heterocycles. The van der Waals surface area contributed by atoms with Gasteiger partial charge in [-0.1, -0.05) is 19.3 Å². The Hall–Kier alpha value is -1.01. The number of nitrogens with zero attached hydrogens (tertiary/aromatic N) is 1. The molecular weight excluding hydrogens is 302 g/mol. The van der Waals surface area contributed by atoms with Gasteiger partial charge in [0.25, 0.3) is 0 Å². The van der Waals surface area contributed by atoms with Crippen molar-refractivity contribution < 1.29 is 4.74 Å². The van der Waals surface area contributed by atoms with Crippen LogP contribution in [0.5, 0.6) is 5.75 Å². The quantitative estimate of drug-likeness (QED) is 0.617. The average Bonchev–Trinajstić information content (AvgIpc) is 2.53. The van der Waals surface area contributed by atoms with Gasteiger partial charge in [-0.2, -0.15) is 11.8 Å². The molecular formula is C15H23N3OS2. The molecule has 1 aromatic rings. The highest BCUT2D eigenvalue weighted by atomic mass is 32.2. The number of nitrogens with one attached hydrogen (secondary N) is 2. The first-order valence-corrected chi connectivity index (χ1v) is 8.91. The fourth-order valence-electron chi connectivity index (χ4n) is 2.42. The van der Waals surface area contributed by atoms with Crippen molar-refractivity contribution >= 4 is 34.9 Å². The van der Waals surface area contributed by atoms with Crippen LogP contribution in [0.3, 0.4) is 0 Å². The van der Waals surface area contributed by atoms with E-state index >= 15 is 0 Å². The second-order valence-corrected chi connectivity index (χ2v) is 6.88. The van der Waals surface area contributed by atoms with Crippen molar-refractivity contribution in [3.63, 3.8) is 0 Å². The van der Waals surface area contributed by atoms with Gasteiger partial charge in [0.15, 0.2) is 16.7 Å². The first-order valence-electron chi connectivity index (χ1n) is 7.45. The van der Waals surface area contributed by atoms with Crippen molar-refractivity contribution in [2.24, 2.45) is 0 Å². The topological polar surface area (TPSA) is 46.2 Å². The Labute approximate surface area is 136 Å². The third-order valence-electron chi connectivity index (χ3n) is 3.52. The third-order valence-corrected chi connectivity index (χ3v) is 5.14. The van der Waals surface area contributed by atoms with E-state index in [1.807, 2.05) is 12.1 Å². The first-order chi connectivity index (χ1) is 10.3. The van der Waals surface area contributed by atoms with Gasteiger partial charge in [-0.15, -0.1) is 0 Å². The molecule has 1 aliphatic carbocycles. The monoisotopic (exact) mass is 325 g/mol. The fourth-order valence-corrected chi connectivity index (χ4v) is 3.84. The number of hydrogen-bond acceptors (Lipinski definition) is 4. The van der Waals surface area contributed by atoms with E-state index in [2.05, 4.69) is 27.4 Å². The Balaban J connectivity index is 1.65. The second-order valence-electron chi connectivity index (χ2n) is 5.07. The Bertz CT molecular complexity index is 450. The smallest absolute Gasteiger partial charge is 0.174 e. The van der Waals surface area contributed by atoms with E-state index in [1.165, 1.54) is 32.1 Å². The molecule has 1 aromatic heterocycles. The Kier molecular flexibility index (Phi) is 7.09. The van der Waals surface area contributed by atoms with Crippen LogP contribution in [-0.2, 0) is 0 Å². The van der Waals surface area contributed by atoms with Gasteiger partial charge >= 0.3 is 0 Å². The van der Waals surface area contributed by atoms with Crippen LogP contribution in [0.15, 0.2) is 18.3 Å². The van der Waals surface area contributed by atoms with Gasteiger partial charge in [0.1, 0.15) is 0 Å². The SMILES string of the molecule is COc1cccnc1NC(=S)NCCSC1CCCCC1. The summed E-state index contributed by atoms with van der Waals surface area (Å²) >= 11 is 7.35. The molecule has 0 spiro atoms. The van der Waals surface area contributed by atoms with Crippen LogP contribution in [0, 0.1) is 0 Å². The summed E-state index contributed by atoms with van der Waals surface area (Å²) in [6, 6.07) is 3.69. The van der Waals surface area contributed by atoms with Crippen molar-refractivity contribution in [2.75, 3.05) is 24.7 Å². The molecule has 0 unspecified atom stereocenters. The molecule has 1 saturated carbocycles. The number of hydrogen-bond donors (Lipinski definition) is 2. The fraction of sp³-hybridized carbons (Fsp3) is 0.600. The molecule has 0 atom stereocenters. The van der Waals surface area contributed by atoms with Crippen molar-refractivity contribution in [2.45, 2.75) is 37.4 Å². The molecule has 0 aliphatic heterocycles. The Morgan fingerprint density at radius 2 is 2.24 bits per heavy atom. The highest BCUT2D eigenvalue weighted by molar-refractivity contribution is 7.99. The van der Waals surface area contributed by atoms with Crippen LogP contribution < -0.4 is 15.4 Å². The molecule has 1 aliphatic rings. The van der Waals surface area contributed by atoms with E-state index in [9.17, 15) is 0 Å². The molecule has 0 radical (unpaired) electrons. The maximum absolute atomic E-state index is 5.29. The van der Waals surface area contributed by atoms with Crippen LogP contribution in [0.25, 0.3) is 0 Å². The molecule has 1 fully saturated rings. The van der Waals surface area contributed by atoms with Crippen molar-refractivity contribution in [1.82, 2.24) is 10.3 Å². The molecule has 116 valence electrons. The summed E-state index contributed by atoms with van der Waals surface area (Å²) in [5.41, 5.74) is 0. The van der Waals surface area contributed by atoms with Gasteiger partial charge < -0.3 is 15.4 Å². The van der Waals surface area contributed by atoms with E-state index in [0.29, 0.717) is 16.7 Å². The summed E-state index contributed by atoms with van der Waals surface area (Å²) in [6.45, 7) is 0.877. The summed E-state index contributed by atoms with van der Waals surface area (Å²) in [4.78, 5) is 4.22. The first kappa shape index (κ1) is 16.4. The number of aromatic nitrogens is 1. The molecule has 21 heavy (non-hydrogen) atoms. The number of thioether (sulfide) groups is 1. The predicted octanol–water partition coefficient (Wildman–Crippen LogP) is 3.44. The average molecular weight is 326 g/mol. The lowest BCUT2D eigenvalue weighted by Gasteiger charge is -2.21. The lowest BCUT2D eigenvalue weighted by molar-refractivity contribution is 0.415. The van der Waals surface area contributed by atoms with Crippen molar-refractivity contribution in [1.29, 1.82) is 0 Å². The van der Waals surface area contributed by atoms with E-state index in [0.717, 1.165) is 17.5 Å². The standard InChI is InChI=1S/C15H23N3OS2/c1-19-13-8-5-9-16-14(13)18-15(20)17-10-11-21-12-6-3-2-4-7-12/h5,8-9,12H,2-4,6-7,10-11H2,1H3,(H2,16,17,18,20). The van der Waals surface area contributed by atoms with Gasteiger partial charge in [-0.05, 0) is 37.2 Å². The number of ether oxygens (including phenoxy) is 1. The van der Waals surface area contributed by atoms with Gasteiger partial charge in [-0.25, -0.2) is 4.98 Å². The van der Waals surface area contributed by atoms with E-state index in [4.69, 9.17) is 17.0 Å². The summed E-state index contributed by atoms with van der Waals surface area (Å²) in [6.07, 6.45) is 8.66. The highest BCUT2D eigenvalue weighted by Crippen LogP contribution is 2.27. The minimum absolute atomic E-state index is 0.594. The van der Waals surface area contributed by atoms with Crippen LogP contribution in [-0.4, -0.2) is 34.8 Å². The largest absolute Gasteiger partial charge is 0.493 e. The predicted molar refractivity (Wildman–Crippen MR) is 94.3 cm³/mol. The van der Waals surface area contributed by atoms with Crippen LogP contribution in [0.2, 0.25) is 0 Å². The normalized spacial score (nSPS) is 15.5. The maximum Gasteiger partial charge on any atom is 0.174 e. The van der Waals surface area contributed by atoms with Crippen molar-refractivity contribution in [3.8, 4) is 5.75 Å². The molecule has 0 bridgehead atoms. The second kappa shape index (κ2) is 9.10. The summed E-state index contributed by atoms with van der Waals surface area (Å²) in [5, 5.41) is 7.74. The zero-order valence-electron chi connectivity index (χ0n) is 12.4. The van der Waals surface area contributed by atoms with E-state index < -0.39 is 0 Å². The number of anilines is 1. The molecule has 2 N–H and O–H groups in total. The Morgan fingerprint density at radius 1 is 1.43 bits per heavy atom. The molecule has 1 heterocycles. The van der Waals surface area contributed by atoms with E-state index in [-0.39, 0.29) is 0 Å². The maximum atomic E-state index is 5.29. The van der Waals surface area contributed by atoms with Crippen LogP contribution in [0.1, 0.15) is 32.1 Å². The number of pyridine rings is 1. The van der Waals surface area contributed by atoms with Crippen LogP contribution >= 0.6 is 24.0 Å². The number of methoxy groups -OCH3 is 1. The molecule has 0 aromatic carbocycles. The zero-order chi connectivity index (χ0) is 14.9. The lowest BCUT2D eigenvalue weighted by Crippen LogP contribution is -2.31. The van der Waals surface area contributed by atoms with Gasteiger partial charge in [0.05, 0.1) is 7.11 Å². The van der Waals surface area contributed by atoms with Crippen molar-refractivity contribution in [3.05, 3.63) is 18.3 Å². The molecule has 2 rings (SSSR count). The minimum atomic E-state index is 0.594.